The molecule has 0 spiro atoms. The second-order valence-electron chi connectivity index (χ2n) is 13.0. The van der Waals surface area contributed by atoms with Crippen LogP contribution in [0.15, 0.2) is 0 Å². The average Bonchev–Trinajstić information content (AvgIpc) is 3.15. The zero-order valence-electron chi connectivity index (χ0n) is 22.6. The Morgan fingerprint density at radius 1 is 0.879 bits per heavy atom. The summed E-state index contributed by atoms with van der Waals surface area (Å²) in [6, 6.07) is 0. The van der Waals surface area contributed by atoms with Crippen LogP contribution in [-0.4, -0.2) is 45.8 Å². The average molecular weight is 467 g/mol. The van der Waals surface area contributed by atoms with Crippen LogP contribution in [0.4, 0.5) is 4.39 Å². The molecule has 2 unspecified atom stereocenters. The lowest BCUT2D eigenvalue weighted by Crippen LogP contribution is -2.63. The molecule has 0 amide bonds. The number of halogens is 1. The van der Waals surface area contributed by atoms with Crippen LogP contribution in [0.2, 0.25) is 0 Å². The third kappa shape index (κ3) is 4.12. The summed E-state index contributed by atoms with van der Waals surface area (Å²) >= 11 is 0. The molecule has 33 heavy (non-hydrogen) atoms. The molecule has 0 radical (unpaired) electrons. The van der Waals surface area contributed by atoms with E-state index < -0.39 is 6.17 Å². The fourth-order valence-corrected chi connectivity index (χ4v) is 9.82. The summed E-state index contributed by atoms with van der Waals surface area (Å²) in [4.78, 5) is 0. The van der Waals surface area contributed by atoms with Crippen molar-refractivity contribution in [2.75, 3.05) is 21.3 Å². The van der Waals surface area contributed by atoms with Gasteiger partial charge in [-0.2, -0.15) is 0 Å². The first-order chi connectivity index (χ1) is 15.6. The second-order valence-corrected chi connectivity index (χ2v) is 13.0. The smallest absolute Gasteiger partial charge is 0.0999 e. The highest BCUT2D eigenvalue weighted by Crippen LogP contribution is 2.69. The van der Waals surface area contributed by atoms with Crippen molar-refractivity contribution in [1.82, 2.24) is 0 Å². The van der Waals surface area contributed by atoms with E-state index in [9.17, 15) is 4.39 Å². The summed E-state index contributed by atoms with van der Waals surface area (Å²) in [6.45, 7) is 11.3. The highest BCUT2D eigenvalue weighted by molar-refractivity contribution is 5.15. The second kappa shape index (κ2) is 9.69. The number of hydrogen-bond acceptors (Lipinski definition) is 3. The molecule has 0 bridgehead atoms. The highest BCUT2D eigenvalue weighted by atomic mass is 19.1. The van der Waals surface area contributed by atoms with Gasteiger partial charge in [-0.15, -0.1) is 0 Å². The molecular formula is C29H51FO3. The monoisotopic (exact) mass is 466 g/mol. The van der Waals surface area contributed by atoms with Crippen LogP contribution in [0, 0.1) is 52.3 Å². The predicted molar refractivity (Wildman–Crippen MR) is 132 cm³/mol. The fraction of sp³-hybridized carbons (Fsp3) is 1.00. The maximum absolute atomic E-state index is 14.0. The number of methoxy groups -OCH3 is 3. The summed E-state index contributed by atoms with van der Waals surface area (Å²) in [5.41, 5.74) is 0.507. The number of alkyl halides is 1. The number of rotatable bonds is 7. The van der Waals surface area contributed by atoms with Crippen LogP contribution in [0.5, 0.6) is 0 Å². The van der Waals surface area contributed by atoms with E-state index in [1.54, 1.807) is 6.92 Å². The van der Waals surface area contributed by atoms with E-state index in [4.69, 9.17) is 14.2 Å². The number of ether oxygens (including phenoxy) is 3. The van der Waals surface area contributed by atoms with Gasteiger partial charge in [0.05, 0.1) is 24.5 Å². The Hall–Kier alpha value is -0.190. The van der Waals surface area contributed by atoms with E-state index in [0.717, 1.165) is 12.8 Å². The molecule has 4 aliphatic carbocycles. The summed E-state index contributed by atoms with van der Waals surface area (Å²) in [6.07, 6.45) is 9.73. The lowest BCUT2D eigenvalue weighted by atomic mass is 9.43. The minimum atomic E-state index is -0.734. The molecule has 4 heteroatoms. The Balaban J connectivity index is 1.65. The number of fused-ring (bicyclic) bond motifs is 5. The van der Waals surface area contributed by atoms with Crippen LogP contribution in [0.25, 0.3) is 0 Å². The molecule has 192 valence electrons. The fourth-order valence-electron chi connectivity index (χ4n) is 9.82. The summed E-state index contributed by atoms with van der Waals surface area (Å²) < 4.78 is 32.5. The van der Waals surface area contributed by atoms with E-state index in [1.807, 2.05) is 21.3 Å². The standard InChI is InChI=1S/C29H51FO3/c1-17(19(3)30)13-18(2)22-9-10-23-27-24(16-26(33-8)29(22,23)5)28(4)12-11-21(31-6)14-20(28)15-25(27)32-7/h17-27H,9-16H2,1-8H3/t17?,18-,19?,20-,21-,22-,23+,24+,25-,26+,27+,28+,29-/m1/s1. The van der Waals surface area contributed by atoms with E-state index in [1.165, 1.54) is 38.5 Å². The quantitative estimate of drug-likeness (QED) is 0.407. The minimum Gasteiger partial charge on any atom is -0.381 e. The van der Waals surface area contributed by atoms with Gasteiger partial charge in [0.25, 0.3) is 0 Å². The van der Waals surface area contributed by atoms with E-state index >= 15 is 0 Å². The largest absolute Gasteiger partial charge is 0.381 e. The van der Waals surface area contributed by atoms with Crippen LogP contribution in [0.3, 0.4) is 0 Å². The summed E-state index contributed by atoms with van der Waals surface area (Å²) in [5.74, 6) is 3.82. The molecule has 0 saturated heterocycles. The Morgan fingerprint density at radius 3 is 2.21 bits per heavy atom. The van der Waals surface area contributed by atoms with Crippen molar-refractivity contribution in [3.63, 3.8) is 0 Å². The Morgan fingerprint density at radius 2 is 1.61 bits per heavy atom. The Bertz CT molecular complexity index is 669. The molecule has 0 aromatic heterocycles. The van der Waals surface area contributed by atoms with Crippen molar-refractivity contribution in [3.05, 3.63) is 0 Å². The lowest BCUT2D eigenvalue weighted by molar-refractivity contribution is -0.218. The molecule has 4 aliphatic rings. The van der Waals surface area contributed by atoms with Crippen molar-refractivity contribution in [1.29, 1.82) is 0 Å². The van der Waals surface area contributed by atoms with Gasteiger partial charge in [-0.3, -0.25) is 0 Å². The first-order valence-electron chi connectivity index (χ1n) is 13.8. The SMILES string of the molecule is CO[C@@H]1CC[C@@]2(C)[C@H](C1)C[C@@H](OC)[C@@H]1[C@@H]2C[C@H](OC)[C@]2(C)[C@@H]([C@H](C)CC(C)C(C)F)CC[C@@H]12. The van der Waals surface area contributed by atoms with Crippen molar-refractivity contribution in [2.45, 2.75) is 110 Å². The number of hydrogen-bond donors (Lipinski definition) is 0. The third-order valence-electron chi connectivity index (χ3n) is 11.9. The van der Waals surface area contributed by atoms with Gasteiger partial charge in [-0.05, 0) is 105 Å². The van der Waals surface area contributed by atoms with Crippen molar-refractivity contribution < 1.29 is 18.6 Å². The molecule has 0 N–H and O–H groups in total. The molecule has 0 aromatic rings. The predicted octanol–water partition coefficient (Wildman–Crippen LogP) is 6.93. The minimum absolute atomic E-state index is 0.122. The van der Waals surface area contributed by atoms with Crippen LogP contribution in [0.1, 0.15) is 86.0 Å². The zero-order valence-corrected chi connectivity index (χ0v) is 22.6. The van der Waals surface area contributed by atoms with Gasteiger partial charge in [0.2, 0.25) is 0 Å². The summed E-state index contributed by atoms with van der Waals surface area (Å²) in [5, 5.41) is 0. The molecule has 3 nitrogen and oxygen atoms in total. The topological polar surface area (TPSA) is 27.7 Å². The summed E-state index contributed by atoms with van der Waals surface area (Å²) in [7, 11) is 5.77. The van der Waals surface area contributed by atoms with E-state index in [0.29, 0.717) is 53.1 Å². The molecule has 0 heterocycles. The molecule has 4 rings (SSSR count). The van der Waals surface area contributed by atoms with Crippen molar-refractivity contribution >= 4 is 0 Å². The van der Waals surface area contributed by atoms with Gasteiger partial charge in [-0.25, -0.2) is 4.39 Å². The molecule has 4 fully saturated rings. The van der Waals surface area contributed by atoms with Gasteiger partial charge in [0, 0.05) is 26.7 Å². The molecule has 0 aromatic carbocycles. The van der Waals surface area contributed by atoms with Gasteiger partial charge in [0.1, 0.15) is 0 Å². The van der Waals surface area contributed by atoms with Gasteiger partial charge < -0.3 is 14.2 Å². The van der Waals surface area contributed by atoms with Crippen LogP contribution >= 0.6 is 0 Å². The molecular weight excluding hydrogens is 415 g/mol. The zero-order chi connectivity index (χ0) is 24.1. The van der Waals surface area contributed by atoms with E-state index in [2.05, 4.69) is 27.7 Å². The van der Waals surface area contributed by atoms with Gasteiger partial charge >= 0.3 is 0 Å². The highest BCUT2D eigenvalue weighted by Gasteiger charge is 2.66. The first-order valence-corrected chi connectivity index (χ1v) is 13.8. The van der Waals surface area contributed by atoms with Crippen molar-refractivity contribution in [2.24, 2.45) is 52.3 Å². The van der Waals surface area contributed by atoms with E-state index in [-0.39, 0.29) is 17.4 Å². The maximum Gasteiger partial charge on any atom is 0.0999 e. The van der Waals surface area contributed by atoms with Gasteiger partial charge in [-0.1, -0.05) is 27.7 Å². The Kier molecular flexibility index (Phi) is 7.61. The Labute approximate surface area is 202 Å². The third-order valence-corrected chi connectivity index (χ3v) is 11.9. The van der Waals surface area contributed by atoms with Crippen molar-refractivity contribution in [3.8, 4) is 0 Å². The molecule has 4 saturated carbocycles. The molecule has 0 aliphatic heterocycles. The maximum atomic E-state index is 14.0. The molecule has 13 atom stereocenters. The van der Waals surface area contributed by atoms with Crippen LogP contribution < -0.4 is 0 Å². The van der Waals surface area contributed by atoms with Crippen LogP contribution in [-0.2, 0) is 14.2 Å². The first kappa shape index (κ1) is 25.9. The lowest BCUT2D eigenvalue weighted by Gasteiger charge is -2.64. The normalized spacial score (nSPS) is 50.1. The van der Waals surface area contributed by atoms with Gasteiger partial charge in [0.15, 0.2) is 0 Å².